The Bertz CT molecular complexity index is 2160. The fraction of sp³-hybridized carbons (Fsp3) is 0. The average molecular weight is 629 g/mol. The number of hydrogen-bond donors (Lipinski definition) is 0. The molecule has 226 valence electrons. The smallest absolute Gasteiger partial charge is 0.0687 e. The number of benzene rings is 8. The van der Waals surface area contributed by atoms with Crippen molar-refractivity contribution in [2.75, 3.05) is 0 Å². The molecule has 1 unspecified atom stereocenters. The van der Waals surface area contributed by atoms with Gasteiger partial charge >= 0.3 is 0 Å². The first-order valence-electron chi connectivity index (χ1n) is 16.5. The van der Waals surface area contributed by atoms with Gasteiger partial charge in [-0.15, -0.1) is 0 Å². The van der Waals surface area contributed by atoms with Gasteiger partial charge in [0.1, 0.15) is 0 Å². The molecule has 0 saturated carbocycles. The lowest BCUT2D eigenvalue weighted by molar-refractivity contribution is 1.67. The van der Waals surface area contributed by atoms with Gasteiger partial charge in [-0.05, 0) is 62.6 Å². The van der Waals surface area contributed by atoms with Crippen LogP contribution in [0.2, 0.25) is 0 Å². The third kappa shape index (κ3) is 6.39. The Hall–Kier alpha value is -5.49. The Morgan fingerprint density at radius 3 is 1.40 bits per heavy atom. The first-order valence-corrected chi connectivity index (χ1v) is 17.9. The van der Waals surface area contributed by atoms with Gasteiger partial charge in [-0.2, -0.15) is 0 Å². The highest BCUT2D eigenvalue weighted by molar-refractivity contribution is 7.79. The van der Waals surface area contributed by atoms with Crippen LogP contribution < -0.4 is 32.3 Å². The lowest BCUT2D eigenvalue weighted by atomic mass is 9.37. The first kappa shape index (κ1) is 29.9. The molecule has 0 amide bonds. The number of fused-ring (bicyclic) bond motifs is 2. The molecule has 8 rings (SSSR count). The van der Waals surface area contributed by atoms with Crippen LogP contribution in [0.5, 0.6) is 0 Å². The molecule has 8 aromatic carbocycles. The van der Waals surface area contributed by atoms with Gasteiger partial charge in [-0.3, -0.25) is 0 Å². The molecule has 0 radical (unpaired) electrons. The van der Waals surface area contributed by atoms with Gasteiger partial charge in [-0.25, -0.2) is 0 Å². The zero-order valence-corrected chi connectivity index (χ0v) is 27.5. The van der Waals surface area contributed by atoms with Crippen LogP contribution in [0.1, 0.15) is 11.1 Å². The minimum absolute atomic E-state index is 0.170. The zero-order valence-electron chi connectivity index (χ0n) is 26.7. The number of hydrogen-bond acceptors (Lipinski definition) is 0. The normalized spacial score (nSPS) is 12.0. The summed E-state index contributed by atoms with van der Waals surface area (Å²) in [5.41, 5.74) is 6.29. The summed E-state index contributed by atoms with van der Waals surface area (Å²) in [7, 11) is -0.668. The standard InChI is InChI=1S/C46H34BP/c1-3-15-41(16-4-1)47(43-29-25-37-11-7-9-13-39(37)33-43)42-27-21-35(22-28-42)19-20-36-23-30-45(31-24-36)48(44-17-5-2-6-18-44)46-32-26-38-12-8-10-14-40(38)34-46/h1-34H. The second-order valence-corrected chi connectivity index (χ2v) is 14.5. The van der Waals surface area contributed by atoms with Crippen molar-refractivity contribution in [3.8, 4) is 0 Å². The molecule has 0 N–H and O–H groups in total. The summed E-state index contributed by atoms with van der Waals surface area (Å²) in [5, 5.41) is 9.20. The highest BCUT2D eigenvalue weighted by Crippen LogP contribution is 2.34. The van der Waals surface area contributed by atoms with E-state index in [0.717, 1.165) is 0 Å². The summed E-state index contributed by atoms with van der Waals surface area (Å²) in [6.45, 7) is 0.170. The van der Waals surface area contributed by atoms with Crippen molar-refractivity contribution in [2.45, 2.75) is 0 Å². The third-order valence-electron chi connectivity index (χ3n) is 9.13. The molecule has 0 spiro atoms. The first-order chi connectivity index (χ1) is 23.8. The SMILES string of the molecule is C(=Cc1ccc(P(c2ccccc2)c2ccc3ccccc3c2)cc1)c1ccc(B(c2ccccc2)c2ccc3ccccc3c2)cc1. The lowest BCUT2D eigenvalue weighted by Gasteiger charge is -2.20. The van der Waals surface area contributed by atoms with Crippen LogP contribution in [0.4, 0.5) is 0 Å². The van der Waals surface area contributed by atoms with Crippen molar-refractivity contribution >= 4 is 80.6 Å². The lowest BCUT2D eigenvalue weighted by Crippen LogP contribution is -2.51. The van der Waals surface area contributed by atoms with Gasteiger partial charge < -0.3 is 0 Å². The number of rotatable bonds is 8. The molecule has 1 atom stereocenters. The van der Waals surface area contributed by atoms with Gasteiger partial charge in [0, 0.05) is 0 Å². The van der Waals surface area contributed by atoms with Gasteiger partial charge in [0.2, 0.25) is 6.71 Å². The largest absolute Gasteiger partial charge is 0.241 e. The predicted molar refractivity (Wildman–Crippen MR) is 213 cm³/mol. The van der Waals surface area contributed by atoms with E-state index in [9.17, 15) is 0 Å². The van der Waals surface area contributed by atoms with Crippen LogP contribution in [0.15, 0.2) is 194 Å². The van der Waals surface area contributed by atoms with E-state index in [1.807, 2.05) is 0 Å². The Balaban J connectivity index is 1.05. The van der Waals surface area contributed by atoms with Crippen molar-refractivity contribution in [1.29, 1.82) is 0 Å². The minimum Gasteiger partial charge on any atom is -0.0687 e. The van der Waals surface area contributed by atoms with E-state index in [4.69, 9.17) is 0 Å². The molecule has 0 nitrogen and oxygen atoms in total. The summed E-state index contributed by atoms with van der Waals surface area (Å²) >= 11 is 0. The van der Waals surface area contributed by atoms with Crippen LogP contribution in [0.3, 0.4) is 0 Å². The van der Waals surface area contributed by atoms with Crippen molar-refractivity contribution in [2.24, 2.45) is 0 Å². The molecule has 0 heterocycles. The molecular formula is C46H34BP. The zero-order chi connectivity index (χ0) is 32.1. The highest BCUT2D eigenvalue weighted by atomic mass is 31.1. The molecule has 2 heteroatoms. The Morgan fingerprint density at radius 2 is 0.750 bits per heavy atom. The van der Waals surface area contributed by atoms with Crippen molar-refractivity contribution < 1.29 is 0 Å². The molecule has 0 fully saturated rings. The van der Waals surface area contributed by atoms with E-state index in [0.29, 0.717) is 0 Å². The fourth-order valence-electron chi connectivity index (χ4n) is 6.68. The molecule has 0 aliphatic carbocycles. The maximum atomic E-state index is 2.37. The Kier molecular flexibility index (Phi) is 8.53. The topological polar surface area (TPSA) is 0 Å². The molecule has 0 saturated heterocycles. The van der Waals surface area contributed by atoms with Crippen molar-refractivity contribution in [3.05, 3.63) is 205 Å². The van der Waals surface area contributed by atoms with Gasteiger partial charge in [0.25, 0.3) is 0 Å². The quantitative estimate of drug-likeness (QED) is 0.0901. The van der Waals surface area contributed by atoms with Gasteiger partial charge in [-0.1, -0.05) is 217 Å². The second-order valence-electron chi connectivity index (χ2n) is 12.2. The van der Waals surface area contributed by atoms with E-state index < -0.39 is 7.92 Å². The van der Waals surface area contributed by atoms with Crippen molar-refractivity contribution in [1.82, 2.24) is 0 Å². The van der Waals surface area contributed by atoms with Crippen LogP contribution in [0.25, 0.3) is 33.7 Å². The fourth-order valence-corrected chi connectivity index (χ4v) is 8.98. The molecule has 0 aliphatic rings. The summed E-state index contributed by atoms with van der Waals surface area (Å²) in [5.74, 6) is 0. The summed E-state index contributed by atoms with van der Waals surface area (Å²) in [4.78, 5) is 0. The minimum atomic E-state index is -0.668. The van der Waals surface area contributed by atoms with E-state index >= 15 is 0 Å². The highest BCUT2D eigenvalue weighted by Gasteiger charge is 2.22. The molecular weight excluding hydrogens is 594 g/mol. The van der Waals surface area contributed by atoms with Crippen LogP contribution >= 0.6 is 7.92 Å². The summed E-state index contributed by atoms with van der Waals surface area (Å²) < 4.78 is 0. The maximum Gasteiger partial charge on any atom is 0.241 e. The molecule has 8 aromatic rings. The summed E-state index contributed by atoms with van der Waals surface area (Å²) in [6.07, 6.45) is 4.44. The second kappa shape index (κ2) is 13.7. The Labute approximate surface area is 284 Å². The monoisotopic (exact) mass is 628 g/mol. The van der Waals surface area contributed by atoms with Crippen molar-refractivity contribution in [3.63, 3.8) is 0 Å². The van der Waals surface area contributed by atoms with Crippen LogP contribution in [-0.2, 0) is 0 Å². The van der Waals surface area contributed by atoms with E-state index in [2.05, 4.69) is 206 Å². The van der Waals surface area contributed by atoms with Gasteiger partial charge in [0.15, 0.2) is 0 Å². The predicted octanol–water partition coefficient (Wildman–Crippen LogP) is 8.44. The van der Waals surface area contributed by atoms with Gasteiger partial charge in [0.05, 0.1) is 0 Å². The average Bonchev–Trinajstić information content (AvgIpc) is 3.16. The van der Waals surface area contributed by atoms with E-state index in [-0.39, 0.29) is 6.71 Å². The van der Waals surface area contributed by atoms with E-state index in [1.165, 1.54) is 65.0 Å². The Morgan fingerprint density at radius 1 is 0.312 bits per heavy atom. The molecule has 0 aromatic heterocycles. The molecule has 48 heavy (non-hydrogen) atoms. The molecule has 0 aliphatic heterocycles. The van der Waals surface area contributed by atoms with E-state index in [1.54, 1.807) is 0 Å². The summed E-state index contributed by atoms with van der Waals surface area (Å²) in [6, 6.07) is 71.0. The maximum absolute atomic E-state index is 2.37. The van der Waals surface area contributed by atoms with Crippen LogP contribution in [0, 0.1) is 0 Å². The third-order valence-corrected chi connectivity index (χ3v) is 11.6. The van der Waals surface area contributed by atoms with Crippen LogP contribution in [-0.4, -0.2) is 6.71 Å². The molecule has 0 bridgehead atoms.